The van der Waals surface area contributed by atoms with Crippen LogP contribution in [0.25, 0.3) is 0 Å². The number of carbonyl (C=O) groups is 2. The molecule has 3 atom stereocenters. The van der Waals surface area contributed by atoms with Gasteiger partial charge in [0.15, 0.2) is 0 Å². The van der Waals surface area contributed by atoms with Crippen molar-refractivity contribution < 1.29 is 19.8 Å². The van der Waals surface area contributed by atoms with Gasteiger partial charge in [0.2, 0.25) is 5.91 Å². The minimum atomic E-state index is -1.03. The molecular weight excluding hydrogens is 210 g/mol. The van der Waals surface area contributed by atoms with Crippen molar-refractivity contribution in [3.8, 4) is 0 Å². The summed E-state index contributed by atoms with van der Waals surface area (Å²) in [6, 6.07) is -0.855. The molecule has 1 fully saturated rings. The maximum atomic E-state index is 11.8. The fraction of sp³-hybridized carbons (Fsp3) is 0.818. The van der Waals surface area contributed by atoms with Gasteiger partial charge < -0.3 is 15.1 Å². The summed E-state index contributed by atoms with van der Waals surface area (Å²) in [6.45, 7) is 4.10. The van der Waals surface area contributed by atoms with Gasteiger partial charge in [0, 0.05) is 19.4 Å². The standard InChI is InChI=1S/C11H19NO4/c1-3-7(2)4-10(14)12-6-8(13)5-9(12)11(15)16/h7-9,13H,3-6H2,1-2H3,(H,15,16)/t7?,8-,9-/m1/s1. The first-order valence-corrected chi connectivity index (χ1v) is 5.66. The number of carbonyl (C=O) groups excluding carboxylic acids is 1. The Morgan fingerprint density at radius 1 is 1.50 bits per heavy atom. The summed E-state index contributed by atoms with van der Waals surface area (Å²) in [4.78, 5) is 24.0. The predicted octanol–water partition coefficient (Wildman–Crippen LogP) is 0.469. The van der Waals surface area contributed by atoms with Gasteiger partial charge in [-0.25, -0.2) is 4.79 Å². The van der Waals surface area contributed by atoms with Crippen LogP contribution in [0.2, 0.25) is 0 Å². The molecule has 1 saturated heterocycles. The van der Waals surface area contributed by atoms with Crippen molar-refractivity contribution in [1.29, 1.82) is 0 Å². The van der Waals surface area contributed by atoms with E-state index in [-0.39, 0.29) is 24.8 Å². The van der Waals surface area contributed by atoms with E-state index in [0.717, 1.165) is 6.42 Å². The van der Waals surface area contributed by atoms with Gasteiger partial charge in [0.1, 0.15) is 6.04 Å². The quantitative estimate of drug-likeness (QED) is 0.734. The molecule has 1 aliphatic rings. The summed E-state index contributed by atoms with van der Waals surface area (Å²) in [5.41, 5.74) is 0. The Hall–Kier alpha value is -1.10. The molecule has 0 aromatic carbocycles. The number of nitrogens with zero attached hydrogens (tertiary/aromatic N) is 1. The summed E-state index contributed by atoms with van der Waals surface area (Å²) in [5, 5.41) is 18.3. The minimum Gasteiger partial charge on any atom is -0.480 e. The second kappa shape index (κ2) is 5.30. The smallest absolute Gasteiger partial charge is 0.326 e. The van der Waals surface area contributed by atoms with Crippen molar-refractivity contribution in [1.82, 2.24) is 4.90 Å². The second-order valence-electron chi connectivity index (χ2n) is 4.51. The number of carboxylic acids is 1. The molecule has 5 nitrogen and oxygen atoms in total. The van der Waals surface area contributed by atoms with Crippen LogP contribution in [0.1, 0.15) is 33.1 Å². The van der Waals surface area contributed by atoms with E-state index < -0.39 is 18.1 Å². The van der Waals surface area contributed by atoms with E-state index in [9.17, 15) is 14.7 Å². The molecule has 0 saturated carbocycles. The van der Waals surface area contributed by atoms with E-state index in [1.54, 1.807) is 0 Å². The van der Waals surface area contributed by atoms with Gasteiger partial charge in [-0.05, 0) is 5.92 Å². The van der Waals surface area contributed by atoms with Crippen molar-refractivity contribution in [3.63, 3.8) is 0 Å². The molecule has 16 heavy (non-hydrogen) atoms. The van der Waals surface area contributed by atoms with E-state index in [0.29, 0.717) is 6.42 Å². The highest BCUT2D eigenvalue weighted by Gasteiger charge is 2.38. The summed E-state index contributed by atoms with van der Waals surface area (Å²) in [7, 11) is 0. The third kappa shape index (κ3) is 2.95. The second-order valence-corrected chi connectivity index (χ2v) is 4.51. The van der Waals surface area contributed by atoms with E-state index in [2.05, 4.69) is 0 Å². The van der Waals surface area contributed by atoms with E-state index in [1.807, 2.05) is 13.8 Å². The normalized spacial score (nSPS) is 26.8. The molecular formula is C11H19NO4. The third-order valence-corrected chi connectivity index (χ3v) is 3.10. The molecule has 1 unspecified atom stereocenters. The van der Waals surface area contributed by atoms with Crippen LogP contribution in [0.3, 0.4) is 0 Å². The minimum absolute atomic E-state index is 0.140. The van der Waals surface area contributed by atoms with Crippen molar-refractivity contribution in [2.24, 2.45) is 5.92 Å². The molecule has 1 amide bonds. The molecule has 92 valence electrons. The first-order chi connectivity index (χ1) is 7.45. The van der Waals surface area contributed by atoms with Crippen LogP contribution < -0.4 is 0 Å². The van der Waals surface area contributed by atoms with Gasteiger partial charge in [-0.2, -0.15) is 0 Å². The average Bonchev–Trinajstić information content (AvgIpc) is 2.60. The van der Waals surface area contributed by atoms with E-state index in [1.165, 1.54) is 4.90 Å². The number of likely N-dealkylation sites (tertiary alicyclic amines) is 1. The van der Waals surface area contributed by atoms with Crippen molar-refractivity contribution >= 4 is 11.9 Å². The summed E-state index contributed by atoms with van der Waals surface area (Å²) >= 11 is 0. The Kier molecular flexibility index (Phi) is 4.29. The Labute approximate surface area is 95.1 Å². The Morgan fingerprint density at radius 3 is 2.62 bits per heavy atom. The molecule has 0 bridgehead atoms. The van der Waals surface area contributed by atoms with Crippen LogP contribution >= 0.6 is 0 Å². The molecule has 2 N–H and O–H groups in total. The van der Waals surface area contributed by atoms with E-state index >= 15 is 0 Å². The Bertz CT molecular complexity index is 279. The molecule has 1 aliphatic heterocycles. The zero-order chi connectivity index (χ0) is 12.3. The zero-order valence-electron chi connectivity index (χ0n) is 9.72. The van der Waals surface area contributed by atoms with E-state index in [4.69, 9.17) is 5.11 Å². The summed E-state index contributed by atoms with van der Waals surface area (Å²) < 4.78 is 0. The third-order valence-electron chi connectivity index (χ3n) is 3.10. The summed E-state index contributed by atoms with van der Waals surface area (Å²) in [5.74, 6) is -0.952. The molecule has 0 radical (unpaired) electrons. The maximum absolute atomic E-state index is 11.8. The van der Waals surface area contributed by atoms with Crippen molar-refractivity contribution in [2.75, 3.05) is 6.54 Å². The fourth-order valence-electron chi connectivity index (χ4n) is 1.88. The number of amides is 1. The Morgan fingerprint density at radius 2 is 2.12 bits per heavy atom. The highest BCUT2D eigenvalue weighted by Crippen LogP contribution is 2.21. The average molecular weight is 229 g/mol. The lowest BCUT2D eigenvalue weighted by atomic mass is 10.0. The van der Waals surface area contributed by atoms with Gasteiger partial charge in [-0.1, -0.05) is 20.3 Å². The molecule has 0 aromatic rings. The van der Waals surface area contributed by atoms with Gasteiger partial charge in [0.25, 0.3) is 0 Å². The number of aliphatic carboxylic acids is 1. The van der Waals surface area contributed by atoms with Gasteiger partial charge in [-0.15, -0.1) is 0 Å². The predicted molar refractivity (Wildman–Crippen MR) is 57.8 cm³/mol. The lowest BCUT2D eigenvalue weighted by Crippen LogP contribution is -2.41. The number of hydrogen-bond acceptors (Lipinski definition) is 3. The fourth-order valence-corrected chi connectivity index (χ4v) is 1.88. The SMILES string of the molecule is CCC(C)CC(=O)N1C[C@H](O)C[C@@H]1C(=O)O. The maximum Gasteiger partial charge on any atom is 0.326 e. The van der Waals surface area contributed by atoms with Crippen LogP contribution in [0, 0.1) is 5.92 Å². The first-order valence-electron chi connectivity index (χ1n) is 5.66. The van der Waals surface area contributed by atoms with Gasteiger partial charge in [0.05, 0.1) is 6.10 Å². The van der Waals surface area contributed by atoms with Crippen LogP contribution in [0.5, 0.6) is 0 Å². The number of aliphatic hydroxyl groups excluding tert-OH is 1. The van der Waals surface area contributed by atoms with Crippen LogP contribution in [0.4, 0.5) is 0 Å². The Balaban J connectivity index is 2.63. The molecule has 1 rings (SSSR count). The number of hydrogen-bond donors (Lipinski definition) is 2. The lowest BCUT2D eigenvalue weighted by Gasteiger charge is -2.22. The first kappa shape index (κ1) is 13.0. The molecule has 1 heterocycles. The van der Waals surface area contributed by atoms with Crippen molar-refractivity contribution in [2.45, 2.75) is 45.3 Å². The molecule has 0 aliphatic carbocycles. The monoisotopic (exact) mass is 229 g/mol. The number of carboxylic acid groups (broad SMARTS) is 1. The topological polar surface area (TPSA) is 77.8 Å². The largest absolute Gasteiger partial charge is 0.480 e. The zero-order valence-corrected chi connectivity index (χ0v) is 9.72. The molecule has 0 aromatic heterocycles. The van der Waals surface area contributed by atoms with Gasteiger partial charge >= 0.3 is 5.97 Å². The lowest BCUT2D eigenvalue weighted by molar-refractivity contribution is -0.148. The van der Waals surface area contributed by atoms with Crippen LogP contribution in [-0.2, 0) is 9.59 Å². The molecule has 0 spiro atoms. The molecule has 5 heteroatoms. The number of aliphatic hydroxyl groups is 1. The summed E-state index contributed by atoms with van der Waals surface area (Å²) in [6.07, 6.45) is 0.677. The highest BCUT2D eigenvalue weighted by molar-refractivity contribution is 5.84. The number of rotatable bonds is 4. The number of β-amino-alcohol motifs (C(OH)–C–C–N with tert-alkyl or cyclic N) is 1. The van der Waals surface area contributed by atoms with Crippen molar-refractivity contribution in [3.05, 3.63) is 0 Å². The van der Waals surface area contributed by atoms with Crippen LogP contribution in [-0.4, -0.2) is 45.7 Å². The van der Waals surface area contributed by atoms with Crippen LogP contribution in [0.15, 0.2) is 0 Å². The van der Waals surface area contributed by atoms with Gasteiger partial charge in [-0.3, -0.25) is 4.79 Å². The highest BCUT2D eigenvalue weighted by atomic mass is 16.4.